The van der Waals surface area contributed by atoms with Crippen LogP contribution in [-0.2, 0) is 6.42 Å². The molecular formula is C15H16ClNO. The van der Waals surface area contributed by atoms with Gasteiger partial charge in [0.1, 0.15) is 0 Å². The molecule has 0 radical (unpaired) electrons. The van der Waals surface area contributed by atoms with Gasteiger partial charge < -0.3 is 5.11 Å². The molecule has 3 heteroatoms. The monoisotopic (exact) mass is 261 g/mol. The van der Waals surface area contributed by atoms with Crippen molar-refractivity contribution in [3.63, 3.8) is 0 Å². The molecule has 1 N–H and O–H groups in total. The molecule has 18 heavy (non-hydrogen) atoms. The molecular weight excluding hydrogens is 246 g/mol. The molecule has 0 aliphatic heterocycles. The van der Waals surface area contributed by atoms with Gasteiger partial charge in [-0.25, -0.2) is 0 Å². The predicted octanol–water partition coefficient (Wildman–Crippen LogP) is 3.36. The number of aliphatic hydroxyl groups excluding tert-OH is 1. The second-order valence-electron chi connectivity index (χ2n) is 4.46. The van der Waals surface area contributed by atoms with Gasteiger partial charge >= 0.3 is 0 Å². The van der Waals surface area contributed by atoms with Crippen molar-refractivity contribution in [2.24, 2.45) is 0 Å². The fraction of sp³-hybridized carbons (Fsp3) is 0.267. The summed E-state index contributed by atoms with van der Waals surface area (Å²) in [6, 6.07) is 10.1. The first-order chi connectivity index (χ1) is 8.70. The van der Waals surface area contributed by atoms with Crippen molar-refractivity contribution in [2.45, 2.75) is 19.3 Å². The normalized spacial score (nSPS) is 12.4. The van der Waals surface area contributed by atoms with Gasteiger partial charge in [-0.05, 0) is 30.5 Å². The molecule has 0 bridgehead atoms. The number of benzene rings is 1. The van der Waals surface area contributed by atoms with Gasteiger partial charge in [-0.3, -0.25) is 4.98 Å². The minimum atomic E-state index is 0.0745. The number of aromatic nitrogens is 1. The van der Waals surface area contributed by atoms with Gasteiger partial charge in [0.25, 0.3) is 0 Å². The molecule has 0 spiro atoms. The summed E-state index contributed by atoms with van der Waals surface area (Å²) in [5, 5.41) is 10.2. The Bertz CT molecular complexity index is 510. The van der Waals surface area contributed by atoms with Gasteiger partial charge in [-0.1, -0.05) is 41.4 Å². The van der Waals surface area contributed by atoms with E-state index < -0.39 is 0 Å². The van der Waals surface area contributed by atoms with Gasteiger partial charge in [0.05, 0.1) is 11.6 Å². The molecule has 2 aromatic rings. The molecule has 1 heterocycles. The second-order valence-corrected chi connectivity index (χ2v) is 4.87. The summed E-state index contributed by atoms with van der Waals surface area (Å²) in [4.78, 5) is 3.97. The number of pyridine rings is 1. The van der Waals surface area contributed by atoms with Crippen LogP contribution in [0.2, 0.25) is 5.02 Å². The van der Waals surface area contributed by atoms with E-state index in [9.17, 15) is 5.11 Å². The Balaban J connectivity index is 2.20. The van der Waals surface area contributed by atoms with Crippen molar-refractivity contribution in [3.05, 3.63) is 64.4 Å². The molecule has 0 amide bonds. The smallest absolute Gasteiger partial charge is 0.0621 e. The minimum Gasteiger partial charge on any atom is -0.396 e. The second kappa shape index (κ2) is 5.98. The maximum Gasteiger partial charge on any atom is 0.0621 e. The lowest BCUT2D eigenvalue weighted by atomic mass is 9.92. The first kappa shape index (κ1) is 13.1. The first-order valence-corrected chi connectivity index (χ1v) is 6.34. The molecule has 0 aliphatic rings. The van der Waals surface area contributed by atoms with E-state index >= 15 is 0 Å². The maximum absolute atomic E-state index is 9.54. The summed E-state index contributed by atoms with van der Waals surface area (Å²) in [6.07, 6.45) is 4.09. The van der Waals surface area contributed by atoms with Gasteiger partial charge in [0, 0.05) is 18.3 Å². The summed E-state index contributed by atoms with van der Waals surface area (Å²) in [5.74, 6) is 0.0745. The lowest BCUT2D eigenvalue weighted by Crippen LogP contribution is -2.08. The van der Waals surface area contributed by atoms with E-state index in [0.717, 1.165) is 17.5 Å². The Morgan fingerprint density at radius 2 is 1.94 bits per heavy atom. The van der Waals surface area contributed by atoms with Crippen LogP contribution in [0.25, 0.3) is 0 Å². The average molecular weight is 262 g/mol. The molecule has 0 fully saturated rings. The molecule has 1 aromatic carbocycles. The van der Waals surface area contributed by atoms with Crippen LogP contribution in [0.5, 0.6) is 0 Å². The topological polar surface area (TPSA) is 33.1 Å². The van der Waals surface area contributed by atoms with Crippen LogP contribution in [0.15, 0.2) is 42.7 Å². The third-order valence-electron chi connectivity index (χ3n) is 3.09. The number of aliphatic hydroxyl groups is 1. The number of halogens is 1. The molecule has 2 nitrogen and oxygen atoms in total. The molecule has 1 atom stereocenters. The summed E-state index contributed by atoms with van der Waals surface area (Å²) in [5.41, 5.74) is 3.37. The van der Waals surface area contributed by atoms with E-state index in [4.69, 9.17) is 11.6 Å². The van der Waals surface area contributed by atoms with Crippen LogP contribution in [-0.4, -0.2) is 16.7 Å². The highest BCUT2D eigenvalue weighted by Gasteiger charge is 2.13. The summed E-state index contributed by atoms with van der Waals surface area (Å²) in [7, 11) is 0. The number of nitrogens with zero attached hydrogens (tertiary/aromatic N) is 1. The highest BCUT2D eigenvalue weighted by molar-refractivity contribution is 6.31. The lowest BCUT2D eigenvalue weighted by Gasteiger charge is -2.15. The Kier molecular flexibility index (Phi) is 4.34. The quantitative estimate of drug-likeness (QED) is 0.916. The van der Waals surface area contributed by atoms with Crippen molar-refractivity contribution >= 4 is 11.6 Å². The number of aryl methyl sites for hydroxylation is 1. The highest BCUT2D eigenvalue weighted by atomic mass is 35.5. The molecule has 2 rings (SSSR count). The maximum atomic E-state index is 9.54. The van der Waals surface area contributed by atoms with Gasteiger partial charge in [-0.15, -0.1) is 0 Å². The van der Waals surface area contributed by atoms with E-state index in [2.05, 4.69) is 36.2 Å². The third-order valence-corrected chi connectivity index (χ3v) is 3.43. The zero-order valence-corrected chi connectivity index (χ0v) is 11.1. The third kappa shape index (κ3) is 3.09. The highest BCUT2D eigenvalue weighted by Crippen LogP contribution is 2.24. The van der Waals surface area contributed by atoms with Crippen molar-refractivity contribution in [2.75, 3.05) is 6.61 Å². The van der Waals surface area contributed by atoms with Crippen molar-refractivity contribution in [1.29, 1.82) is 0 Å². The Labute approximate surface area is 112 Å². The molecule has 0 aliphatic carbocycles. The minimum absolute atomic E-state index is 0.0745. The van der Waals surface area contributed by atoms with E-state index in [1.54, 1.807) is 12.4 Å². The number of hydrogen-bond acceptors (Lipinski definition) is 2. The average Bonchev–Trinajstić information content (AvgIpc) is 2.39. The van der Waals surface area contributed by atoms with Crippen molar-refractivity contribution in [3.8, 4) is 0 Å². The number of hydrogen-bond donors (Lipinski definition) is 1. The van der Waals surface area contributed by atoms with E-state index in [1.807, 2.05) is 6.07 Å². The van der Waals surface area contributed by atoms with E-state index in [0.29, 0.717) is 5.02 Å². The van der Waals surface area contributed by atoms with Crippen LogP contribution in [0.3, 0.4) is 0 Å². The number of rotatable bonds is 4. The van der Waals surface area contributed by atoms with Gasteiger partial charge in [-0.2, -0.15) is 0 Å². The van der Waals surface area contributed by atoms with Gasteiger partial charge in [0.15, 0.2) is 0 Å². The van der Waals surface area contributed by atoms with Crippen LogP contribution >= 0.6 is 11.6 Å². The van der Waals surface area contributed by atoms with E-state index in [1.165, 1.54) is 5.56 Å². The first-order valence-electron chi connectivity index (χ1n) is 5.96. The standard InChI is InChI=1S/C15H16ClNO/c1-11-2-4-12(5-3-11)14(10-18)8-13-6-7-17-9-15(13)16/h2-7,9,14,18H,8,10H2,1H3. The molecule has 1 unspecified atom stereocenters. The fourth-order valence-corrected chi connectivity index (χ4v) is 2.16. The lowest BCUT2D eigenvalue weighted by molar-refractivity contribution is 0.264. The molecule has 0 saturated heterocycles. The predicted molar refractivity (Wildman–Crippen MR) is 74.0 cm³/mol. The Morgan fingerprint density at radius 3 is 2.56 bits per heavy atom. The summed E-state index contributed by atoms with van der Waals surface area (Å²) < 4.78 is 0. The van der Waals surface area contributed by atoms with Crippen LogP contribution < -0.4 is 0 Å². The van der Waals surface area contributed by atoms with Crippen molar-refractivity contribution < 1.29 is 5.11 Å². The van der Waals surface area contributed by atoms with Gasteiger partial charge in [0.2, 0.25) is 0 Å². The Hall–Kier alpha value is -1.38. The van der Waals surface area contributed by atoms with Crippen LogP contribution in [0.4, 0.5) is 0 Å². The van der Waals surface area contributed by atoms with E-state index in [-0.39, 0.29) is 12.5 Å². The SMILES string of the molecule is Cc1ccc(C(CO)Cc2ccncc2Cl)cc1. The molecule has 94 valence electrons. The zero-order chi connectivity index (χ0) is 13.0. The molecule has 1 aromatic heterocycles. The fourth-order valence-electron chi connectivity index (χ4n) is 1.96. The summed E-state index contributed by atoms with van der Waals surface area (Å²) >= 11 is 6.09. The van der Waals surface area contributed by atoms with Crippen LogP contribution in [0.1, 0.15) is 22.6 Å². The largest absolute Gasteiger partial charge is 0.396 e. The zero-order valence-electron chi connectivity index (χ0n) is 10.3. The Morgan fingerprint density at radius 1 is 1.22 bits per heavy atom. The van der Waals surface area contributed by atoms with Crippen molar-refractivity contribution in [1.82, 2.24) is 4.98 Å². The molecule has 0 saturated carbocycles. The van der Waals surface area contributed by atoms with Crippen LogP contribution in [0, 0.1) is 6.92 Å². The summed E-state index contributed by atoms with van der Waals surface area (Å²) in [6.45, 7) is 2.17.